The fourth-order valence-electron chi connectivity index (χ4n) is 1.44. The third-order valence-electron chi connectivity index (χ3n) is 2.30. The molecule has 0 saturated carbocycles. The monoisotopic (exact) mass is 276 g/mol. The molecule has 0 aromatic heterocycles. The summed E-state index contributed by atoms with van der Waals surface area (Å²) in [4.78, 5) is 21.9. The molecule has 20 heavy (non-hydrogen) atoms. The van der Waals surface area contributed by atoms with E-state index in [1.54, 1.807) is 18.2 Å². The van der Waals surface area contributed by atoms with Crippen molar-refractivity contribution in [3.8, 4) is 0 Å². The van der Waals surface area contributed by atoms with Crippen molar-refractivity contribution >= 4 is 11.9 Å². The number of ether oxygens (including phenoxy) is 2. The summed E-state index contributed by atoms with van der Waals surface area (Å²) in [6.45, 7) is 4.04. The molecule has 1 unspecified atom stereocenters. The summed E-state index contributed by atoms with van der Waals surface area (Å²) in [5, 5.41) is 8.46. The average molecular weight is 276 g/mol. The molecule has 1 N–H and O–H groups in total. The number of aliphatic carboxylic acids is 1. The van der Waals surface area contributed by atoms with E-state index in [0.717, 1.165) is 17.7 Å². The van der Waals surface area contributed by atoms with Gasteiger partial charge >= 0.3 is 11.9 Å². The molecular weight excluding hydrogens is 260 g/mol. The molecule has 0 aliphatic carbocycles. The highest BCUT2D eigenvalue weighted by atomic mass is 16.6. The maximum absolute atomic E-state index is 11.5. The number of carboxylic acid groups (broad SMARTS) is 1. The first-order valence-corrected chi connectivity index (χ1v) is 5.98. The Morgan fingerprint density at radius 2 is 1.95 bits per heavy atom. The number of carbonyl (C=O) groups excluding carboxylic acids is 1. The molecule has 0 saturated heterocycles. The van der Waals surface area contributed by atoms with E-state index in [1.807, 2.05) is 18.2 Å². The van der Waals surface area contributed by atoms with E-state index in [0.29, 0.717) is 6.61 Å². The van der Waals surface area contributed by atoms with Crippen molar-refractivity contribution in [1.29, 1.82) is 0 Å². The van der Waals surface area contributed by atoms with Crippen LogP contribution in [-0.4, -0.2) is 30.3 Å². The van der Waals surface area contributed by atoms with E-state index < -0.39 is 18.0 Å². The van der Waals surface area contributed by atoms with Gasteiger partial charge in [-0.25, -0.2) is 9.59 Å². The van der Waals surface area contributed by atoms with Gasteiger partial charge in [0, 0.05) is 12.2 Å². The zero-order chi connectivity index (χ0) is 14.8. The zero-order valence-corrected chi connectivity index (χ0v) is 10.9. The molecule has 0 aliphatic rings. The van der Waals surface area contributed by atoms with Crippen molar-refractivity contribution in [1.82, 2.24) is 0 Å². The van der Waals surface area contributed by atoms with Crippen molar-refractivity contribution in [3.63, 3.8) is 0 Å². The number of benzene rings is 1. The van der Waals surface area contributed by atoms with Gasteiger partial charge in [0.1, 0.15) is 0 Å². The lowest BCUT2D eigenvalue weighted by molar-refractivity contribution is -0.146. The van der Waals surface area contributed by atoms with Gasteiger partial charge in [-0.2, -0.15) is 0 Å². The summed E-state index contributed by atoms with van der Waals surface area (Å²) < 4.78 is 10.5. The lowest BCUT2D eigenvalue weighted by atomic mass is 10.1. The maximum atomic E-state index is 11.5. The predicted octanol–water partition coefficient (Wildman–Crippen LogP) is 2.11. The second-order valence-corrected chi connectivity index (χ2v) is 3.83. The van der Waals surface area contributed by atoms with E-state index in [-0.39, 0.29) is 6.61 Å². The smallest absolute Gasteiger partial charge is 0.331 e. The van der Waals surface area contributed by atoms with E-state index >= 15 is 0 Å². The highest BCUT2D eigenvalue weighted by molar-refractivity contribution is 5.90. The molecule has 0 fully saturated rings. The zero-order valence-electron chi connectivity index (χ0n) is 10.9. The molecule has 5 heteroatoms. The number of esters is 1. The summed E-state index contributed by atoms with van der Waals surface area (Å²) in [7, 11) is 0. The molecule has 0 aliphatic heterocycles. The van der Waals surface area contributed by atoms with Crippen LogP contribution in [0.25, 0.3) is 0 Å². The quantitative estimate of drug-likeness (QED) is 0.341. The maximum Gasteiger partial charge on any atom is 0.331 e. The molecule has 0 amide bonds. The second kappa shape index (κ2) is 8.66. The van der Waals surface area contributed by atoms with Crippen molar-refractivity contribution in [2.75, 3.05) is 13.2 Å². The summed E-state index contributed by atoms with van der Waals surface area (Å²) in [6, 6.07) is 9.08. The van der Waals surface area contributed by atoms with E-state index in [2.05, 4.69) is 6.58 Å². The van der Waals surface area contributed by atoms with Crippen LogP contribution in [0.3, 0.4) is 0 Å². The van der Waals surface area contributed by atoms with E-state index in [4.69, 9.17) is 14.6 Å². The molecule has 106 valence electrons. The van der Waals surface area contributed by atoms with Gasteiger partial charge < -0.3 is 14.6 Å². The normalized spacial score (nSPS) is 12.0. The molecule has 0 bridgehead atoms. The van der Waals surface area contributed by atoms with Gasteiger partial charge in [0.05, 0.1) is 13.2 Å². The Labute approximate surface area is 117 Å². The second-order valence-electron chi connectivity index (χ2n) is 3.83. The minimum Gasteiger partial charge on any atom is -0.478 e. The summed E-state index contributed by atoms with van der Waals surface area (Å²) in [6.07, 6.45) is 2.59. The standard InChI is InChI=1S/C15H16O5/c1-2-10-19-11-13(12-6-4-3-5-7-12)20-15(18)9-8-14(16)17/h2-9,13H,1,10-11H2,(H,16,17). The predicted molar refractivity (Wildman–Crippen MR) is 73.1 cm³/mol. The highest BCUT2D eigenvalue weighted by Crippen LogP contribution is 2.18. The summed E-state index contributed by atoms with van der Waals surface area (Å²) >= 11 is 0. The Morgan fingerprint density at radius 1 is 1.25 bits per heavy atom. The first-order valence-electron chi connectivity index (χ1n) is 5.98. The van der Waals surface area contributed by atoms with Gasteiger partial charge in [-0.1, -0.05) is 36.4 Å². The lowest BCUT2D eigenvalue weighted by Gasteiger charge is -2.17. The fraction of sp³-hybridized carbons (Fsp3) is 0.200. The van der Waals surface area contributed by atoms with Gasteiger partial charge in [0.25, 0.3) is 0 Å². The van der Waals surface area contributed by atoms with Gasteiger partial charge in [-0.05, 0) is 5.56 Å². The molecule has 1 aromatic carbocycles. The van der Waals surface area contributed by atoms with Crippen LogP contribution in [0.1, 0.15) is 11.7 Å². The molecule has 1 rings (SSSR count). The van der Waals surface area contributed by atoms with Crippen LogP contribution in [0.2, 0.25) is 0 Å². The van der Waals surface area contributed by atoms with Crippen LogP contribution < -0.4 is 0 Å². The number of hydrogen-bond donors (Lipinski definition) is 1. The van der Waals surface area contributed by atoms with Crippen molar-refractivity contribution in [2.45, 2.75) is 6.10 Å². The first-order chi connectivity index (χ1) is 9.63. The van der Waals surface area contributed by atoms with Crippen LogP contribution in [0.5, 0.6) is 0 Å². The minimum atomic E-state index is -1.21. The van der Waals surface area contributed by atoms with Crippen LogP contribution >= 0.6 is 0 Å². The van der Waals surface area contributed by atoms with Crippen LogP contribution in [0.15, 0.2) is 55.1 Å². The van der Waals surface area contributed by atoms with Gasteiger partial charge in [-0.3, -0.25) is 0 Å². The fourth-order valence-corrected chi connectivity index (χ4v) is 1.44. The Balaban J connectivity index is 2.70. The van der Waals surface area contributed by atoms with Gasteiger partial charge in [0.2, 0.25) is 0 Å². The molecule has 1 aromatic rings. The Morgan fingerprint density at radius 3 is 2.55 bits per heavy atom. The number of carbonyl (C=O) groups is 2. The first kappa shape index (κ1) is 15.7. The van der Waals surface area contributed by atoms with Gasteiger partial charge in [-0.15, -0.1) is 6.58 Å². The average Bonchev–Trinajstić information content (AvgIpc) is 2.45. The molecule has 0 spiro atoms. The Hall–Kier alpha value is -2.40. The largest absolute Gasteiger partial charge is 0.478 e. The van der Waals surface area contributed by atoms with Crippen LogP contribution in [0.4, 0.5) is 0 Å². The van der Waals surface area contributed by atoms with Crippen LogP contribution in [-0.2, 0) is 19.1 Å². The lowest BCUT2D eigenvalue weighted by Crippen LogP contribution is -2.15. The third kappa shape index (κ3) is 5.97. The number of hydrogen-bond acceptors (Lipinski definition) is 4. The molecule has 5 nitrogen and oxygen atoms in total. The number of carboxylic acids is 1. The van der Waals surface area contributed by atoms with Gasteiger partial charge in [0.15, 0.2) is 6.10 Å². The van der Waals surface area contributed by atoms with Crippen molar-refractivity contribution in [3.05, 3.63) is 60.7 Å². The van der Waals surface area contributed by atoms with Crippen molar-refractivity contribution in [2.24, 2.45) is 0 Å². The van der Waals surface area contributed by atoms with Crippen molar-refractivity contribution < 1.29 is 24.2 Å². The summed E-state index contributed by atoms with van der Waals surface area (Å²) in [5.41, 5.74) is 0.772. The molecule has 0 heterocycles. The van der Waals surface area contributed by atoms with E-state index in [9.17, 15) is 9.59 Å². The van der Waals surface area contributed by atoms with E-state index in [1.165, 1.54) is 0 Å². The Kier molecular flexibility index (Phi) is 6.78. The molecule has 0 radical (unpaired) electrons. The Bertz CT molecular complexity index is 478. The number of rotatable bonds is 8. The molecule has 1 atom stereocenters. The third-order valence-corrected chi connectivity index (χ3v) is 2.30. The minimum absolute atomic E-state index is 0.169. The SMILES string of the molecule is C=CCOCC(OC(=O)C=CC(=O)O)c1ccccc1. The van der Waals surface area contributed by atoms with Crippen LogP contribution in [0, 0.1) is 0 Å². The summed E-state index contributed by atoms with van der Waals surface area (Å²) in [5.74, 6) is -1.94. The highest BCUT2D eigenvalue weighted by Gasteiger charge is 2.15. The topological polar surface area (TPSA) is 72.8 Å². The molecular formula is C15H16O5.